The number of hydroxylamine groups is 2. The molecule has 1 N–H and O–H groups in total. The van der Waals surface area contributed by atoms with E-state index in [1.54, 1.807) is 7.05 Å². The molecule has 0 aliphatic rings. The van der Waals surface area contributed by atoms with E-state index in [0.29, 0.717) is 0 Å². The number of hydrogen-bond acceptors (Lipinski definition) is 2. The van der Waals surface area contributed by atoms with Crippen LogP contribution in [0.25, 0.3) is 10.9 Å². The number of amides is 1. The molecule has 0 aliphatic heterocycles. The Kier molecular flexibility index (Phi) is 3.15. The second-order valence-electron chi connectivity index (χ2n) is 4.05. The molecule has 0 saturated carbocycles. The van der Waals surface area contributed by atoms with Crippen molar-refractivity contribution in [1.82, 2.24) is 10.0 Å². The Hall–Kier alpha value is -1.81. The second kappa shape index (κ2) is 4.59. The average Bonchev–Trinajstić information content (AvgIpc) is 2.79. The third-order valence-electron chi connectivity index (χ3n) is 2.97. The Balaban J connectivity index is 2.30. The van der Waals surface area contributed by atoms with Crippen LogP contribution in [0.1, 0.15) is 18.5 Å². The van der Waals surface area contributed by atoms with Crippen LogP contribution in [0.5, 0.6) is 0 Å². The highest BCUT2D eigenvalue weighted by Gasteiger charge is 2.20. The van der Waals surface area contributed by atoms with Crippen molar-refractivity contribution in [2.75, 3.05) is 14.2 Å². The smallest absolute Gasteiger partial charge is 0.254 e. The number of benzene rings is 1. The predicted octanol–water partition coefficient (Wildman–Crippen LogP) is 2.29. The molecule has 2 rings (SSSR count). The van der Waals surface area contributed by atoms with Gasteiger partial charge in [-0.05, 0) is 24.4 Å². The molecular formula is C13H16N2O2. The number of carbonyl (C=O) groups excluding carboxylic acids is 1. The predicted molar refractivity (Wildman–Crippen MR) is 66.5 cm³/mol. The monoisotopic (exact) mass is 232 g/mol. The van der Waals surface area contributed by atoms with Gasteiger partial charge in [0.15, 0.2) is 0 Å². The van der Waals surface area contributed by atoms with Gasteiger partial charge in [-0.25, -0.2) is 5.06 Å². The van der Waals surface area contributed by atoms with E-state index in [2.05, 4.69) is 4.98 Å². The number of aromatic nitrogens is 1. The third-order valence-corrected chi connectivity index (χ3v) is 2.97. The van der Waals surface area contributed by atoms with Crippen LogP contribution in [-0.2, 0) is 9.63 Å². The number of nitrogens with zero attached hydrogens (tertiary/aromatic N) is 1. The quantitative estimate of drug-likeness (QED) is 0.825. The lowest BCUT2D eigenvalue weighted by Crippen LogP contribution is -2.29. The number of likely N-dealkylation sites (N-methyl/N-ethyl adjacent to an activating group) is 1. The zero-order valence-corrected chi connectivity index (χ0v) is 10.2. The molecule has 2 aromatic rings. The number of rotatable bonds is 3. The largest absolute Gasteiger partial charge is 0.358 e. The molecule has 1 amide bonds. The summed E-state index contributed by atoms with van der Waals surface area (Å²) in [6.45, 7) is 1.86. The van der Waals surface area contributed by atoms with Crippen molar-refractivity contribution in [2.45, 2.75) is 12.8 Å². The van der Waals surface area contributed by atoms with Gasteiger partial charge in [-0.2, -0.15) is 0 Å². The van der Waals surface area contributed by atoms with Crippen molar-refractivity contribution in [3.8, 4) is 0 Å². The second-order valence-corrected chi connectivity index (χ2v) is 4.05. The van der Waals surface area contributed by atoms with Gasteiger partial charge in [0, 0.05) is 18.3 Å². The normalized spacial score (nSPS) is 12.6. The molecule has 0 spiro atoms. The topological polar surface area (TPSA) is 45.3 Å². The summed E-state index contributed by atoms with van der Waals surface area (Å²) in [7, 11) is 3.09. The van der Waals surface area contributed by atoms with Crippen LogP contribution in [0, 0.1) is 0 Å². The van der Waals surface area contributed by atoms with Crippen LogP contribution in [0.3, 0.4) is 0 Å². The standard InChI is InChI=1S/C13H16N2O2/c1-9(13(16)15(2)17-3)12-8-10-6-4-5-7-11(10)14-12/h4-9,14H,1-3H3. The van der Waals surface area contributed by atoms with Crippen LogP contribution in [0.4, 0.5) is 0 Å². The van der Waals surface area contributed by atoms with Gasteiger partial charge in [0.1, 0.15) is 0 Å². The van der Waals surface area contributed by atoms with Crippen molar-refractivity contribution < 1.29 is 9.63 Å². The number of carbonyl (C=O) groups is 1. The number of aromatic amines is 1. The molecule has 1 aromatic carbocycles. The van der Waals surface area contributed by atoms with Crippen molar-refractivity contribution in [3.05, 3.63) is 36.0 Å². The summed E-state index contributed by atoms with van der Waals surface area (Å²) >= 11 is 0. The molecule has 4 nitrogen and oxygen atoms in total. The van der Waals surface area contributed by atoms with E-state index in [1.807, 2.05) is 37.3 Å². The summed E-state index contributed by atoms with van der Waals surface area (Å²) in [5.74, 6) is -0.314. The van der Waals surface area contributed by atoms with Crippen molar-refractivity contribution >= 4 is 16.8 Å². The van der Waals surface area contributed by atoms with E-state index < -0.39 is 0 Å². The van der Waals surface area contributed by atoms with Crippen molar-refractivity contribution in [2.24, 2.45) is 0 Å². The van der Waals surface area contributed by atoms with Crippen LogP contribution in [0.15, 0.2) is 30.3 Å². The van der Waals surface area contributed by atoms with Gasteiger partial charge >= 0.3 is 0 Å². The molecular weight excluding hydrogens is 216 g/mol. The van der Waals surface area contributed by atoms with E-state index in [4.69, 9.17) is 4.84 Å². The Morgan fingerprint density at radius 1 is 1.41 bits per heavy atom. The maximum absolute atomic E-state index is 11.9. The van der Waals surface area contributed by atoms with Gasteiger partial charge in [0.05, 0.1) is 13.0 Å². The Morgan fingerprint density at radius 2 is 2.12 bits per heavy atom. The number of para-hydroxylation sites is 1. The van der Waals surface area contributed by atoms with Crippen LogP contribution in [-0.4, -0.2) is 30.1 Å². The van der Waals surface area contributed by atoms with Gasteiger partial charge in [-0.3, -0.25) is 9.63 Å². The minimum absolute atomic E-state index is 0.0703. The Bertz CT molecular complexity index is 500. The molecule has 0 radical (unpaired) electrons. The highest BCUT2D eigenvalue weighted by atomic mass is 16.7. The lowest BCUT2D eigenvalue weighted by atomic mass is 10.1. The van der Waals surface area contributed by atoms with Crippen molar-refractivity contribution in [1.29, 1.82) is 0 Å². The number of H-pyrrole nitrogens is 1. The molecule has 1 atom stereocenters. The Morgan fingerprint density at radius 3 is 2.76 bits per heavy atom. The molecule has 90 valence electrons. The summed E-state index contributed by atoms with van der Waals surface area (Å²) < 4.78 is 0. The van der Waals surface area contributed by atoms with Crippen LogP contribution < -0.4 is 0 Å². The van der Waals surface area contributed by atoms with E-state index in [9.17, 15) is 4.79 Å². The van der Waals surface area contributed by atoms with Gasteiger partial charge < -0.3 is 4.98 Å². The summed E-state index contributed by atoms with van der Waals surface area (Å²) in [6, 6.07) is 9.97. The molecule has 1 unspecified atom stereocenters. The van der Waals surface area contributed by atoms with Gasteiger partial charge in [-0.1, -0.05) is 18.2 Å². The fourth-order valence-corrected chi connectivity index (χ4v) is 1.82. The summed E-state index contributed by atoms with van der Waals surface area (Å²) in [6.07, 6.45) is 0. The first kappa shape index (κ1) is 11.7. The number of fused-ring (bicyclic) bond motifs is 1. The van der Waals surface area contributed by atoms with Gasteiger partial charge in [0.25, 0.3) is 5.91 Å². The van der Waals surface area contributed by atoms with E-state index in [0.717, 1.165) is 16.6 Å². The fraction of sp³-hybridized carbons (Fsp3) is 0.308. The van der Waals surface area contributed by atoms with Gasteiger partial charge in [-0.15, -0.1) is 0 Å². The summed E-state index contributed by atoms with van der Waals surface area (Å²) in [5.41, 5.74) is 1.95. The first-order valence-electron chi connectivity index (χ1n) is 5.53. The first-order valence-corrected chi connectivity index (χ1v) is 5.53. The van der Waals surface area contributed by atoms with E-state index in [-0.39, 0.29) is 11.8 Å². The molecule has 0 fully saturated rings. The first-order chi connectivity index (χ1) is 8.13. The zero-order valence-electron chi connectivity index (χ0n) is 10.2. The maximum Gasteiger partial charge on any atom is 0.254 e. The minimum Gasteiger partial charge on any atom is -0.358 e. The third kappa shape index (κ3) is 2.17. The molecule has 17 heavy (non-hydrogen) atoms. The maximum atomic E-state index is 11.9. The molecule has 1 heterocycles. The van der Waals surface area contributed by atoms with Crippen molar-refractivity contribution in [3.63, 3.8) is 0 Å². The summed E-state index contributed by atoms with van der Waals surface area (Å²) in [4.78, 5) is 20.1. The SMILES string of the molecule is CON(C)C(=O)C(C)c1cc2ccccc2[nH]1. The van der Waals surface area contributed by atoms with Crippen LogP contribution in [0.2, 0.25) is 0 Å². The number of hydrogen-bond donors (Lipinski definition) is 1. The van der Waals surface area contributed by atoms with Crippen LogP contribution >= 0.6 is 0 Å². The Labute approximate surface area is 100 Å². The molecule has 1 aromatic heterocycles. The highest BCUT2D eigenvalue weighted by Crippen LogP contribution is 2.22. The zero-order chi connectivity index (χ0) is 12.4. The fourth-order valence-electron chi connectivity index (χ4n) is 1.82. The molecule has 4 heteroatoms. The lowest BCUT2D eigenvalue weighted by molar-refractivity contribution is -0.170. The molecule has 0 aliphatic carbocycles. The number of nitrogens with one attached hydrogen (secondary N) is 1. The molecule has 0 saturated heterocycles. The van der Waals surface area contributed by atoms with Gasteiger partial charge in [0.2, 0.25) is 0 Å². The van der Waals surface area contributed by atoms with E-state index in [1.165, 1.54) is 12.2 Å². The molecule has 0 bridgehead atoms. The summed E-state index contributed by atoms with van der Waals surface area (Å²) in [5, 5.41) is 2.36. The average molecular weight is 232 g/mol. The van der Waals surface area contributed by atoms with E-state index >= 15 is 0 Å². The lowest BCUT2D eigenvalue weighted by Gasteiger charge is -2.17. The minimum atomic E-state index is -0.243. The highest BCUT2D eigenvalue weighted by molar-refractivity contribution is 5.86.